The molecule has 18 heavy (non-hydrogen) atoms. The van der Waals surface area contributed by atoms with Gasteiger partial charge in [-0.25, -0.2) is 0 Å². The third-order valence-electron chi connectivity index (χ3n) is 3.25. The summed E-state index contributed by atoms with van der Waals surface area (Å²) in [6.07, 6.45) is 0.782. The van der Waals surface area contributed by atoms with Crippen molar-refractivity contribution >= 4 is 11.9 Å². The summed E-state index contributed by atoms with van der Waals surface area (Å²) in [5.74, 6) is -1.04. The van der Waals surface area contributed by atoms with Crippen molar-refractivity contribution in [3.8, 4) is 0 Å². The third-order valence-corrected chi connectivity index (χ3v) is 3.25. The van der Waals surface area contributed by atoms with Crippen LogP contribution in [-0.4, -0.2) is 23.5 Å². The zero-order valence-electron chi connectivity index (χ0n) is 10.8. The van der Waals surface area contributed by atoms with E-state index in [-0.39, 0.29) is 12.5 Å². The molecule has 0 fully saturated rings. The molecule has 2 N–H and O–H groups in total. The van der Waals surface area contributed by atoms with Crippen LogP contribution in [0.4, 0.5) is 0 Å². The van der Waals surface area contributed by atoms with E-state index in [0.717, 1.165) is 5.56 Å². The number of carbonyl (C=O) groups excluding carboxylic acids is 1. The van der Waals surface area contributed by atoms with E-state index in [1.165, 1.54) is 0 Å². The molecule has 1 aromatic rings. The van der Waals surface area contributed by atoms with Crippen molar-refractivity contribution in [1.29, 1.82) is 0 Å². The fourth-order valence-electron chi connectivity index (χ4n) is 1.91. The van der Waals surface area contributed by atoms with Gasteiger partial charge in [0.15, 0.2) is 0 Å². The van der Waals surface area contributed by atoms with Crippen molar-refractivity contribution in [2.24, 2.45) is 0 Å². The van der Waals surface area contributed by atoms with Crippen LogP contribution in [0.5, 0.6) is 0 Å². The molecule has 0 aliphatic carbocycles. The van der Waals surface area contributed by atoms with Crippen LogP contribution in [0.1, 0.15) is 32.3 Å². The second-order valence-electron chi connectivity index (χ2n) is 4.24. The molecule has 0 aliphatic rings. The molecule has 1 amide bonds. The number of amides is 1. The van der Waals surface area contributed by atoms with Crippen LogP contribution >= 0.6 is 0 Å². The van der Waals surface area contributed by atoms with E-state index in [0.29, 0.717) is 12.8 Å². The molecular weight excluding hydrogens is 230 g/mol. The van der Waals surface area contributed by atoms with Gasteiger partial charge in [-0.15, -0.1) is 0 Å². The molecule has 0 radical (unpaired) electrons. The SMILES string of the molecule is CCC(=O)NCC(CC)(C(=O)O)c1ccccc1. The number of carbonyl (C=O) groups is 2. The van der Waals surface area contributed by atoms with Crippen molar-refractivity contribution in [2.75, 3.05) is 6.54 Å². The molecule has 0 saturated heterocycles. The Morgan fingerprint density at radius 2 is 1.83 bits per heavy atom. The summed E-state index contributed by atoms with van der Waals surface area (Å²) in [5, 5.41) is 12.2. The van der Waals surface area contributed by atoms with Gasteiger partial charge in [0, 0.05) is 13.0 Å². The van der Waals surface area contributed by atoms with E-state index >= 15 is 0 Å². The minimum atomic E-state index is -1.05. The lowest BCUT2D eigenvalue weighted by atomic mass is 9.78. The molecule has 0 aromatic heterocycles. The second kappa shape index (κ2) is 6.19. The monoisotopic (exact) mass is 249 g/mol. The van der Waals surface area contributed by atoms with E-state index in [1.54, 1.807) is 19.1 Å². The van der Waals surface area contributed by atoms with Crippen LogP contribution in [0.25, 0.3) is 0 Å². The maximum atomic E-state index is 11.6. The predicted octanol–water partition coefficient (Wildman–Crippen LogP) is 1.95. The molecule has 1 unspecified atom stereocenters. The topological polar surface area (TPSA) is 66.4 Å². The summed E-state index contributed by atoms with van der Waals surface area (Å²) < 4.78 is 0. The highest BCUT2D eigenvalue weighted by molar-refractivity contribution is 5.83. The van der Waals surface area contributed by atoms with E-state index < -0.39 is 11.4 Å². The summed E-state index contributed by atoms with van der Waals surface area (Å²) in [6, 6.07) is 9.04. The van der Waals surface area contributed by atoms with Crippen LogP contribution < -0.4 is 5.32 Å². The van der Waals surface area contributed by atoms with Gasteiger partial charge in [0.25, 0.3) is 0 Å². The minimum Gasteiger partial charge on any atom is -0.481 e. The number of hydrogen-bond donors (Lipinski definition) is 2. The van der Waals surface area contributed by atoms with Gasteiger partial charge in [-0.1, -0.05) is 44.2 Å². The Morgan fingerprint density at radius 1 is 1.22 bits per heavy atom. The van der Waals surface area contributed by atoms with Crippen molar-refractivity contribution in [3.05, 3.63) is 35.9 Å². The fourth-order valence-corrected chi connectivity index (χ4v) is 1.91. The third kappa shape index (κ3) is 2.88. The van der Waals surface area contributed by atoms with Crippen LogP contribution in [0.15, 0.2) is 30.3 Å². The number of hydrogen-bond acceptors (Lipinski definition) is 2. The van der Waals surface area contributed by atoms with Crippen LogP contribution in [0, 0.1) is 0 Å². The van der Waals surface area contributed by atoms with E-state index in [9.17, 15) is 14.7 Å². The molecule has 98 valence electrons. The molecule has 4 nitrogen and oxygen atoms in total. The van der Waals surface area contributed by atoms with Crippen molar-refractivity contribution < 1.29 is 14.7 Å². The molecule has 1 atom stereocenters. The van der Waals surface area contributed by atoms with Gasteiger partial charge < -0.3 is 10.4 Å². The van der Waals surface area contributed by atoms with Gasteiger partial charge in [-0.05, 0) is 12.0 Å². The van der Waals surface area contributed by atoms with Crippen LogP contribution in [0.2, 0.25) is 0 Å². The fraction of sp³-hybridized carbons (Fsp3) is 0.429. The average molecular weight is 249 g/mol. The highest BCUT2D eigenvalue weighted by atomic mass is 16.4. The molecule has 0 aliphatic heterocycles. The highest BCUT2D eigenvalue weighted by Crippen LogP contribution is 2.27. The largest absolute Gasteiger partial charge is 0.481 e. The Morgan fingerprint density at radius 3 is 2.28 bits per heavy atom. The van der Waals surface area contributed by atoms with Gasteiger partial charge >= 0.3 is 5.97 Å². The molecular formula is C14H19NO3. The Kier molecular flexibility index (Phi) is 4.89. The summed E-state index contributed by atoms with van der Waals surface area (Å²) >= 11 is 0. The predicted molar refractivity (Wildman–Crippen MR) is 69.3 cm³/mol. The Bertz CT molecular complexity index is 416. The molecule has 4 heteroatoms. The zero-order valence-corrected chi connectivity index (χ0v) is 10.8. The van der Waals surface area contributed by atoms with Gasteiger partial charge in [0.1, 0.15) is 5.41 Å². The molecule has 0 bridgehead atoms. The second-order valence-corrected chi connectivity index (χ2v) is 4.24. The lowest BCUT2D eigenvalue weighted by Crippen LogP contribution is -2.46. The first-order valence-electron chi connectivity index (χ1n) is 6.12. The van der Waals surface area contributed by atoms with E-state index in [4.69, 9.17) is 0 Å². The van der Waals surface area contributed by atoms with E-state index in [1.807, 2.05) is 25.1 Å². The normalized spacial score (nSPS) is 13.7. The van der Waals surface area contributed by atoms with Crippen molar-refractivity contribution in [1.82, 2.24) is 5.32 Å². The maximum absolute atomic E-state index is 11.6. The lowest BCUT2D eigenvalue weighted by Gasteiger charge is -2.29. The molecule has 0 heterocycles. The Hall–Kier alpha value is -1.84. The molecule has 0 spiro atoms. The van der Waals surface area contributed by atoms with Gasteiger partial charge in [-0.3, -0.25) is 9.59 Å². The van der Waals surface area contributed by atoms with E-state index in [2.05, 4.69) is 5.32 Å². The quantitative estimate of drug-likeness (QED) is 0.809. The summed E-state index contributed by atoms with van der Waals surface area (Å²) in [7, 11) is 0. The van der Waals surface area contributed by atoms with Gasteiger partial charge in [0.2, 0.25) is 5.91 Å². The van der Waals surface area contributed by atoms with Crippen LogP contribution in [-0.2, 0) is 15.0 Å². The number of benzene rings is 1. The van der Waals surface area contributed by atoms with Crippen LogP contribution in [0.3, 0.4) is 0 Å². The highest BCUT2D eigenvalue weighted by Gasteiger charge is 2.38. The van der Waals surface area contributed by atoms with Crippen molar-refractivity contribution in [3.63, 3.8) is 0 Å². The zero-order chi connectivity index (χ0) is 13.6. The average Bonchev–Trinajstić information content (AvgIpc) is 2.40. The number of nitrogens with one attached hydrogen (secondary N) is 1. The standard InChI is InChI=1S/C14H19NO3/c1-3-12(16)15-10-14(4-2,13(17)18)11-8-6-5-7-9-11/h5-9H,3-4,10H2,1-2H3,(H,15,16)(H,17,18). The smallest absolute Gasteiger partial charge is 0.315 e. The van der Waals surface area contributed by atoms with Gasteiger partial charge in [0.05, 0.1) is 0 Å². The summed E-state index contributed by atoms with van der Waals surface area (Å²) in [6.45, 7) is 3.68. The number of rotatable bonds is 6. The number of carboxylic acid groups (broad SMARTS) is 1. The first kappa shape index (κ1) is 14.2. The number of aliphatic carboxylic acids is 1. The summed E-state index contributed by atoms with van der Waals surface area (Å²) in [4.78, 5) is 22.9. The van der Waals surface area contributed by atoms with Crippen molar-refractivity contribution in [2.45, 2.75) is 32.1 Å². The summed E-state index contributed by atoms with van der Waals surface area (Å²) in [5.41, 5.74) is -0.331. The lowest BCUT2D eigenvalue weighted by molar-refractivity contribution is -0.144. The number of carboxylic acids is 1. The Balaban J connectivity index is 3.03. The molecule has 1 rings (SSSR count). The van der Waals surface area contributed by atoms with Gasteiger partial charge in [-0.2, -0.15) is 0 Å². The minimum absolute atomic E-state index is 0.121. The molecule has 1 aromatic carbocycles. The first-order chi connectivity index (χ1) is 8.56. The Labute approximate surface area is 107 Å². The molecule has 0 saturated carbocycles. The first-order valence-corrected chi connectivity index (χ1v) is 6.12. The maximum Gasteiger partial charge on any atom is 0.315 e.